The minimum atomic E-state index is -0.125. The molecular weight excluding hydrogens is 661 g/mol. The van der Waals surface area contributed by atoms with Crippen molar-refractivity contribution in [2.75, 3.05) is 4.90 Å². The molecule has 0 unspecified atom stereocenters. The van der Waals surface area contributed by atoms with Gasteiger partial charge in [0.2, 0.25) is 0 Å². The first-order chi connectivity index (χ1) is 26.7. The van der Waals surface area contributed by atoms with Gasteiger partial charge in [0.25, 0.3) is 6.71 Å². The Balaban J connectivity index is 1.18. The van der Waals surface area contributed by atoms with Crippen LogP contribution in [0.3, 0.4) is 0 Å². The van der Waals surface area contributed by atoms with Crippen LogP contribution in [0.4, 0.5) is 17.1 Å². The number of ether oxygens (including phenoxy) is 2. The maximum atomic E-state index is 7.08. The molecule has 0 bridgehead atoms. The quantitative estimate of drug-likeness (QED) is 0.173. The summed E-state index contributed by atoms with van der Waals surface area (Å²) in [5, 5.41) is 8.94. The smallest absolute Gasteiger partial charge is 0.262 e. The number of hydrogen-bond donors (Lipinski definition) is 0. The van der Waals surface area contributed by atoms with Crippen molar-refractivity contribution in [3.8, 4) is 23.0 Å². The molecule has 0 N–H and O–H groups in total. The molecule has 252 valence electrons. The highest BCUT2D eigenvalue weighted by Crippen LogP contribution is 2.49. The number of anilines is 3. The molecule has 3 heterocycles. The molecule has 1 aromatic heterocycles. The lowest BCUT2D eigenvalue weighted by Gasteiger charge is -2.34. The largest absolute Gasteiger partial charge is 0.458 e. The second-order valence-corrected chi connectivity index (χ2v) is 14.5. The lowest BCUT2D eigenvalue weighted by atomic mass is 9.33. The minimum Gasteiger partial charge on any atom is -0.458 e. The number of fused-ring (bicyclic) bond motifs is 14. The lowest BCUT2D eigenvalue weighted by Crippen LogP contribution is -2.57. The number of aryl methyl sites for hydroxylation is 1. The van der Waals surface area contributed by atoms with Crippen LogP contribution in [-0.2, 0) is 0 Å². The molecule has 0 fully saturated rings. The third-order valence-electron chi connectivity index (χ3n) is 11.4. The van der Waals surface area contributed by atoms with Crippen LogP contribution in [0.2, 0.25) is 0 Å². The van der Waals surface area contributed by atoms with Gasteiger partial charge in [0.1, 0.15) is 22.8 Å². The molecule has 0 saturated heterocycles. The number of nitrogens with zero attached hydrogens (tertiary/aromatic N) is 1. The molecule has 5 heteroatoms. The first kappa shape index (κ1) is 29.6. The van der Waals surface area contributed by atoms with Gasteiger partial charge in [0.15, 0.2) is 11.3 Å². The highest BCUT2D eigenvalue weighted by atomic mass is 16.5. The van der Waals surface area contributed by atoms with Crippen LogP contribution in [0, 0.1) is 6.92 Å². The zero-order valence-electron chi connectivity index (χ0n) is 29.3. The Labute approximate surface area is 311 Å². The van der Waals surface area contributed by atoms with E-state index in [4.69, 9.17) is 13.9 Å². The van der Waals surface area contributed by atoms with Crippen LogP contribution in [0.25, 0.3) is 54.3 Å². The second kappa shape index (κ2) is 11.0. The number of para-hydroxylation sites is 1. The molecule has 0 amide bonds. The first-order valence-electron chi connectivity index (χ1n) is 18.5. The maximum Gasteiger partial charge on any atom is 0.262 e. The molecular formula is C49H30BNO3. The standard InChI is InChI=1S/C49H30BNO3/c1-29-19-23-33(24-20-29)51(32-13-3-2-4-14-32)39-28-42-44(37-18-10-9-17-36(37)39)38-27-43-47-49(48(38)54-42)53-41-26-22-31-12-6-8-16-35(31)46(41)50(47)45-34-15-7-5-11-30(34)21-25-40(45)52-43/h2-28H,1H3. The summed E-state index contributed by atoms with van der Waals surface area (Å²) in [4.78, 5) is 2.32. The van der Waals surface area contributed by atoms with Gasteiger partial charge < -0.3 is 18.8 Å². The summed E-state index contributed by atoms with van der Waals surface area (Å²) in [6, 6.07) is 58.0. The van der Waals surface area contributed by atoms with Gasteiger partial charge in [-0.05, 0) is 87.2 Å². The molecule has 0 radical (unpaired) electrons. The van der Waals surface area contributed by atoms with Gasteiger partial charge in [-0.25, -0.2) is 0 Å². The fourth-order valence-corrected chi connectivity index (χ4v) is 9.05. The fraction of sp³-hybridized carbons (Fsp3) is 0.0204. The van der Waals surface area contributed by atoms with Gasteiger partial charge in [0, 0.05) is 39.1 Å². The van der Waals surface area contributed by atoms with E-state index in [1.54, 1.807) is 0 Å². The topological polar surface area (TPSA) is 34.8 Å². The van der Waals surface area contributed by atoms with Crippen LogP contribution in [0.1, 0.15) is 5.56 Å². The summed E-state index contributed by atoms with van der Waals surface area (Å²) in [5.74, 6) is 3.22. The highest BCUT2D eigenvalue weighted by Gasteiger charge is 2.44. The predicted molar refractivity (Wildman–Crippen MR) is 223 cm³/mol. The second-order valence-electron chi connectivity index (χ2n) is 14.5. The van der Waals surface area contributed by atoms with Crippen molar-refractivity contribution in [3.05, 3.63) is 169 Å². The van der Waals surface area contributed by atoms with E-state index in [-0.39, 0.29) is 6.71 Å². The summed E-state index contributed by atoms with van der Waals surface area (Å²) in [6.45, 7) is 2.00. The Hall–Kier alpha value is -6.98. The average molecular weight is 692 g/mol. The zero-order chi connectivity index (χ0) is 35.5. The van der Waals surface area contributed by atoms with Crippen molar-refractivity contribution in [1.82, 2.24) is 0 Å². The van der Waals surface area contributed by atoms with Crippen molar-refractivity contribution in [1.29, 1.82) is 0 Å². The summed E-state index contributed by atoms with van der Waals surface area (Å²) < 4.78 is 21.1. The van der Waals surface area contributed by atoms with Gasteiger partial charge in [0.05, 0.1) is 5.69 Å². The summed E-state index contributed by atoms with van der Waals surface area (Å²) in [7, 11) is 0. The van der Waals surface area contributed by atoms with E-state index in [0.717, 1.165) is 83.4 Å². The Morgan fingerprint density at radius 3 is 1.76 bits per heavy atom. The van der Waals surface area contributed by atoms with Gasteiger partial charge in [-0.3, -0.25) is 0 Å². The third kappa shape index (κ3) is 4.09. The molecule has 4 nitrogen and oxygen atoms in total. The number of rotatable bonds is 3. The number of hydrogen-bond acceptors (Lipinski definition) is 4. The Morgan fingerprint density at radius 2 is 1.06 bits per heavy atom. The molecule has 9 aromatic carbocycles. The van der Waals surface area contributed by atoms with E-state index in [0.29, 0.717) is 5.75 Å². The van der Waals surface area contributed by atoms with Crippen molar-refractivity contribution < 1.29 is 13.9 Å². The van der Waals surface area contributed by atoms with Crippen LogP contribution in [0.5, 0.6) is 23.0 Å². The molecule has 2 aliphatic rings. The Bertz CT molecular complexity index is 3140. The fourth-order valence-electron chi connectivity index (χ4n) is 9.05. The minimum absolute atomic E-state index is 0.125. The van der Waals surface area contributed by atoms with Crippen molar-refractivity contribution in [2.24, 2.45) is 0 Å². The van der Waals surface area contributed by atoms with E-state index >= 15 is 0 Å². The normalized spacial score (nSPS) is 12.8. The number of benzene rings is 9. The van der Waals surface area contributed by atoms with Gasteiger partial charge >= 0.3 is 0 Å². The van der Waals surface area contributed by atoms with Crippen LogP contribution in [-0.4, -0.2) is 6.71 Å². The molecule has 0 spiro atoms. The highest BCUT2D eigenvalue weighted by molar-refractivity contribution is 7.01. The SMILES string of the molecule is Cc1ccc(N(c2ccccc2)c2cc3oc4c5c6c(cc4c3c3ccccc23)Oc2ccc3ccccc3c2B6c2c(ccc3ccccc23)O5)cc1. The molecule has 0 saturated carbocycles. The van der Waals surface area contributed by atoms with Crippen molar-refractivity contribution >= 4 is 94.4 Å². The molecule has 0 atom stereocenters. The van der Waals surface area contributed by atoms with Crippen molar-refractivity contribution in [2.45, 2.75) is 6.92 Å². The van der Waals surface area contributed by atoms with Gasteiger partial charge in [-0.15, -0.1) is 0 Å². The van der Waals surface area contributed by atoms with Crippen LogP contribution in [0.15, 0.2) is 168 Å². The monoisotopic (exact) mass is 691 g/mol. The maximum absolute atomic E-state index is 7.08. The van der Waals surface area contributed by atoms with E-state index in [2.05, 4.69) is 176 Å². The molecule has 54 heavy (non-hydrogen) atoms. The van der Waals surface area contributed by atoms with E-state index in [1.165, 1.54) is 27.1 Å². The molecule has 0 aliphatic carbocycles. The van der Waals surface area contributed by atoms with E-state index in [9.17, 15) is 0 Å². The van der Waals surface area contributed by atoms with E-state index < -0.39 is 0 Å². The Kier molecular flexibility index (Phi) is 6.04. The Morgan fingerprint density at radius 1 is 0.463 bits per heavy atom. The summed E-state index contributed by atoms with van der Waals surface area (Å²) >= 11 is 0. The summed E-state index contributed by atoms with van der Waals surface area (Å²) in [6.07, 6.45) is 0. The van der Waals surface area contributed by atoms with Gasteiger partial charge in [-0.1, -0.05) is 121 Å². The average Bonchev–Trinajstić information content (AvgIpc) is 3.60. The van der Waals surface area contributed by atoms with Crippen LogP contribution < -0.4 is 30.8 Å². The van der Waals surface area contributed by atoms with Crippen LogP contribution >= 0.6 is 0 Å². The van der Waals surface area contributed by atoms with Gasteiger partial charge in [-0.2, -0.15) is 0 Å². The van der Waals surface area contributed by atoms with E-state index in [1.807, 2.05) is 0 Å². The van der Waals surface area contributed by atoms with Crippen molar-refractivity contribution in [3.63, 3.8) is 0 Å². The lowest BCUT2D eigenvalue weighted by molar-refractivity contribution is 0.462. The number of furan rings is 1. The molecule has 12 rings (SSSR count). The summed E-state index contributed by atoms with van der Waals surface area (Å²) in [5.41, 5.74) is 9.23. The molecule has 10 aromatic rings. The molecule has 2 aliphatic heterocycles. The third-order valence-corrected chi connectivity index (χ3v) is 11.4. The predicted octanol–water partition coefficient (Wildman–Crippen LogP) is 11.6. The zero-order valence-corrected chi connectivity index (χ0v) is 29.3. The first-order valence-corrected chi connectivity index (χ1v) is 18.5.